The number of aryl methyl sites for hydroxylation is 1. The molecule has 8 nitrogen and oxygen atoms in total. The maximum Gasteiger partial charge on any atom is 0.258 e. The van der Waals surface area contributed by atoms with Crippen LogP contribution in [0.2, 0.25) is 0 Å². The Balaban J connectivity index is 1.84. The second-order valence-electron chi connectivity index (χ2n) is 8.19. The number of nitrogens with one attached hydrogen (secondary N) is 2. The Labute approximate surface area is 169 Å². The fourth-order valence-electron chi connectivity index (χ4n) is 4.45. The Morgan fingerprint density at radius 3 is 3.03 bits per heavy atom. The number of quaternary nitrogens is 1. The molecule has 4 rings (SSSR count). The lowest BCUT2D eigenvalue weighted by Gasteiger charge is -2.33. The van der Waals surface area contributed by atoms with Crippen LogP contribution in [0.3, 0.4) is 0 Å². The van der Waals surface area contributed by atoms with Crippen LogP contribution in [-0.4, -0.2) is 52.0 Å². The number of methoxy groups -OCH3 is 1. The number of aromatic amines is 1. The SMILES string of the molecule is COCCn1nnnc1[C@H](c1cc2cc(C)ccc2[nH]c1=O)[NH+]1CCC[C@H](C)C1. The highest BCUT2D eigenvalue weighted by Crippen LogP contribution is 2.20. The summed E-state index contributed by atoms with van der Waals surface area (Å²) in [6.45, 7) is 7.40. The first-order chi connectivity index (χ1) is 14.1. The minimum atomic E-state index is -0.210. The molecule has 0 saturated carbocycles. The smallest absolute Gasteiger partial charge is 0.258 e. The van der Waals surface area contributed by atoms with Crippen molar-refractivity contribution >= 4 is 10.9 Å². The van der Waals surface area contributed by atoms with Crippen molar-refractivity contribution in [3.63, 3.8) is 0 Å². The molecule has 0 spiro atoms. The van der Waals surface area contributed by atoms with Crippen molar-refractivity contribution in [2.24, 2.45) is 5.92 Å². The van der Waals surface area contributed by atoms with Crippen LogP contribution in [-0.2, 0) is 11.3 Å². The van der Waals surface area contributed by atoms with Crippen molar-refractivity contribution in [3.8, 4) is 0 Å². The molecule has 3 atom stereocenters. The molecule has 0 aliphatic carbocycles. The third-order valence-corrected chi connectivity index (χ3v) is 5.88. The van der Waals surface area contributed by atoms with Gasteiger partial charge in [-0.3, -0.25) is 4.79 Å². The van der Waals surface area contributed by atoms with Gasteiger partial charge >= 0.3 is 0 Å². The standard InChI is InChI=1S/C21H28N6O2/c1-14-6-7-18-16(11-14)12-17(21(28)22-18)19(26-8-4-5-15(2)13-26)20-23-24-25-27(20)9-10-29-3/h6-7,11-12,15,19H,4-5,8-10,13H2,1-3H3,(H,22,28)/p+1/t15-,19-/m0/s1. The number of hydrogen-bond donors (Lipinski definition) is 2. The Bertz CT molecular complexity index is 1040. The number of piperidine rings is 1. The van der Waals surface area contributed by atoms with E-state index in [0.717, 1.165) is 47.4 Å². The van der Waals surface area contributed by atoms with Crippen molar-refractivity contribution in [2.45, 2.75) is 39.3 Å². The zero-order chi connectivity index (χ0) is 20.4. The summed E-state index contributed by atoms with van der Waals surface area (Å²) in [4.78, 5) is 17.5. The largest absolute Gasteiger partial charge is 0.383 e. The Morgan fingerprint density at radius 2 is 2.24 bits per heavy atom. The van der Waals surface area contributed by atoms with Crippen molar-refractivity contribution in [2.75, 3.05) is 26.8 Å². The summed E-state index contributed by atoms with van der Waals surface area (Å²) in [6.07, 6.45) is 2.36. The highest BCUT2D eigenvalue weighted by atomic mass is 16.5. The van der Waals surface area contributed by atoms with E-state index in [-0.39, 0.29) is 11.6 Å². The molecule has 0 radical (unpaired) electrons. The summed E-state index contributed by atoms with van der Waals surface area (Å²) in [5, 5.41) is 13.5. The summed E-state index contributed by atoms with van der Waals surface area (Å²) >= 11 is 0. The average molecular weight is 398 g/mol. The molecule has 1 unspecified atom stereocenters. The molecular weight excluding hydrogens is 368 g/mol. The summed E-state index contributed by atoms with van der Waals surface area (Å²) < 4.78 is 7.00. The fraction of sp³-hybridized carbons (Fsp3) is 0.524. The Kier molecular flexibility index (Phi) is 5.73. The molecule has 3 aromatic rings. The summed E-state index contributed by atoms with van der Waals surface area (Å²) in [7, 11) is 1.66. The minimum Gasteiger partial charge on any atom is -0.383 e. The van der Waals surface area contributed by atoms with E-state index in [1.54, 1.807) is 11.8 Å². The molecule has 1 fully saturated rings. The number of nitrogens with zero attached hydrogens (tertiary/aromatic N) is 4. The molecule has 1 aromatic carbocycles. The van der Waals surface area contributed by atoms with Crippen molar-refractivity contribution < 1.29 is 9.64 Å². The molecule has 0 bridgehead atoms. The molecule has 2 aromatic heterocycles. The van der Waals surface area contributed by atoms with Gasteiger partial charge in [-0.15, -0.1) is 5.10 Å². The zero-order valence-electron chi connectivity index (χ0n) is 17.3. The molecule has 8 heteroatoms. The number of rotatable bonds is 6. The lowest BCUT2D eigenvalue weighted by Crippen LogP contribution is -3.14. The number of aromatic nitrogens is 5. The van der Waals surface area contributed by atoms with Crippen LogP contribution in [0.1, 0.15) is 42.8 Å². The highest BCUT2D eigenvalue weighted by Gasteiger charge is 2.36. The van der Waals surface area contributed by atoms with Gasteiger partial charge in [0.05, 0.1) is 31.8 Å². The third kappa shape index (κ3) is 4.09. The quantitative estimate of drug-likeness (QED) is 0.644. The second kappa shape index (κ2) is 8.42. The van der Waals surface area contributed by atoms with E-state index >= 15 is 0 Å². The van der Waals surface area contributed by atoms with Crippen molar-refractivity contribution in [1.29, 1.82) is 0 Å². The molecule has 2 N–H and O–H groups in total. The highest BCUT2D eigenvalue weighted by molar-refractivity contribution is 5.79. The van der Waals surface area contributed by atoms with E-state index in [2.05, 4.69) is 40.4 Å². The van der Waals surface area contributed by atoms with Gasteiger partial charge in [-0.2, -0.15) is 0 Å². The Hall–Kier alpha value is -2.58. The van der Waals surface area contributed by atoms with Crippen LogP contribution in [0, 0.1) is 12.8 Å². The number of H-pyrrole nitrogens is 1. The van der Waals surface area contributed by atoms with Gasteiger partial charge in [-0.25, -0.2) is 4.68 Å². The average Bonchev–Trinajstić information content (AvgIpc) is 3.15. The molecular formula is C21H29N6O2+. The van der Waals surface area contributed by atoms with Crippen LogP contribution in [0.5, 0.6) is 0 Å². The third-order valence-electron chi connectivity index (χ3n) is 5.88. The zero-order valence-corrected chi connectivity index (χ0v) is 17.3. The number of likely N-dealkylation sites (tertiary alicyclic amines) is 1. The first kappa shape index (κ1) is 19.7. The fourth-order valence-corrected chi connectivity index (χ4v) is 4.45. The first-order valence-corrected chi connectivity index (χ1v) is 10.3. The van der Waals surface area contributed by atoms with Crippen LogP contribution in [0.25, 0.3) is 10.9 Å². The van der Waals surface area contributed by atoms with E-state index < -0.39 is 0 Å². The van der Waals surface area contributed by atoms with Crippen LogP contribution >= 0.6 is 0 Å². The molecule has 1 aliphatic rings. The molecule has 1 saturated heterocycles. The number of fused-ring (bicyclic) bond motifs is 1. The van der Waals surface area contributed by atoms with Gasteiger partial charge in [0.2, 0.25) is 5.82 Å². The van der Waals surface area contributed by atoms with Crippen LogP contribution in [0.4, 0.5) is 0 Å². The second-order valence-corrected chi connectivity index (χ2v) is 8.19. The molecule has 1 aliphatic heterocycles. The lowest BCUT2D eigenvalue weighted by molar-refractivity contribution is -0.934. The minimum absolute atomic E-state index is 0.0710. The Morgan fingerprint density at radius 1 is 1.38 bits per heavy atom. The van der Waals surface area contributed by atoms with Gasteiger partial charge in [-0.1, -0.05) is 18.6 Å². The van der Waals surface area contributed by atoms with E-state index in [1.807, 2.05) is 18.2 Å². The summed E-state index contributed by atoms with van der Waals surface area (Å²) in [6, 6.07) is 7.89. The van der Waals surface area contributed by atoms with Crippen molar-refractivity contribution in [3.05, 3.63) is 51.6 Å². The van der Waals surface area contributed by atoms with Crippen LogP contribution < -0.4 is 10.5 Å². The number of tetrazole rings is 1. The predicted octanol–water partition coefficient (Wildman–Crippen LogP) is 0.874. The van der Waals surface area contributed by atoms with Gasteiger partial charge in [-0.05, 0) is 53.8 Å². The van der Waals surface area contributed by atoms with Gasteiger partial charge < -0.3 is 14.6 Å². The summed E-state index contributed by atoms with van der Waals surface area (Å²) in [5.41, 5.74) is 2.67. The van der Waals surface area contributed by atoms with E-state index in [0.29, 0.717) is 19.1 Å². The lowest BCUT2D eigenvalue weighted by atomic mass is 9.95. The molecule has 154 valence electrons. The number of ether oxygens (including phenoxy) is 1. The molecule has 0 amide bonds. The molecule has 29 heavy (non-hydrogen) atoms. The van der Waals surface area contributed by atoms with Crippen molar-refractivity contribution in [1.82, 2.24) is 25.2 Å². The van der Waals surface area contributed by atoms with Gasteiger partial charge in [0.25, 0.3) is 5.56 Å². The number of hydrogen-bond acceptors (Lipinski definition) is 5. The maximum atomic E-state index is 13.1. The van der Waals surface area contributed by atoms with E-state index in [1.165, 1.54) is 11.3 Å². The van der Waals surface area contributed by atoms with E-state index in [4.69, 9.17) is 4.74 Å². The predicted molar refractivity (Wildman–Crippen MR) is 110 cm³/mol. The topological polar surface area (TPSA) is 90.1 Å². The first-order valence-electron chi connectivity index (χ1n) is 10.3. The van der Waals surface area contributed by atoms with Crippen LogP contribution in [0.15, 0.2) is 29.1 Å². The molecule has 3 heterocycles. The summed E-state index contributed by atoms with van der Waals surface area (Å²) in [5.74, 6) is 1.33. The van der Waals surface area contributed by atoms with Gasteiger partial charge in [0.1, 0.15) is 0 Å². The maximum absolute atomic E-state index is 13.1. The normalized spacial score (nSPS) is 20.8. The van der Waals surface area contributed by atoms with E-state index in [9.17, 15) is 4.79 Å². The number of pyridine rings is 1. The van der Waals surface area contributed by atoms with Gasteiger partial charge in [0, 0.05) is 18.5 Å². The monoisotopic (exact) mass is 397 g/mol. The number of benzene rings is 1. The van der Waals surface area contributed by atoms with Gasteiger partial charge in [0.15, 0.2) is 6.04 Å².